The first-order valence-corrected chi connectivity index (χ1v) is 8.30. The zero-order valence-electron chi connectivity index (χ0n) is 14.4. The molecule has 7 heteroatoms. The Labute approximate surface area is 149 Å². The molecule has 1 amide bonds. The molecule has 0 aliphatic carbocycles. The topological polar surface area (TPSA) is 53.2 Å². The Bertz CT molecular complexity index is 803. The molecule has 3 rings (SSSR count). The molecule has 4 nitrogen and oxygen atoms in total. The van der Waals surface area contributed by atoms with Crippen LogP contribution in [0.4, 0.5) is 18.9 Å². The molecular formula is C19H20F3N3O. The lowest BCUT2D eigenvalue weighted by molar-refractivity contribution is -0.137. The number of hydrogen-bond donors (Lipinski definition) is 3. The number of anilines is 1. The number of carbonyl (C=O) groups excluding carboxylic acids is 1. The van der Waals surface area contributed by atoms with Crippen molar-refractivity contribution in [2.75, 3.05) is 5.32 Å². The van der Waals surface area contributed by atoms with Crippen LogP contribution in [0.2, 0.25) is 0 Å². The highest BCUT2D eigenvalue weighted by molar-refractivity contribution is 5.95. The van der Waals surface area contributed by atoms with Crippen molar-refractivity contribution in [1.29, 1.82) is 0 Å². The van der Waals surface area contributed by atoms with Crippen molar-refractivity contribution in [2.24, 2.45) is 0 Å². The highest BCUT2D eigenvalue weighted by atomic mass is 19.4. The highest BCUT2D eigenvalue weighted by Crippen LogP contribution is 2.30. The van der Waals surface area contributed by atoms with Gasteiger partial charge in [0.05, 0.1) is 5.56 Å². The molecule has 0 saturated carbocycles. The van der Waals surface area contributed by atoms with E-state index in [-0.39, 0.29) is 11.9 Å². The Morgan fingerprint density at radius 2 is 1.77 bits per heavy atom. The number of hydrazine groups is 1. The summed E-state index contributed by atoms with van der Waals surface area (Å²) in [5.41, 5.74) is 9.09. The van der Waals surface area contributed by atoms with Crippen LogP contribution >= 0.6 is 0 Å². The van der Waals surface area contributed by atoms with Crippen molar-refractivity contribution < 1.29 is 18.0 Å². The molecule has 1 fully saturated rings. The number of halogens is 3. The first-order valence-electron chi connectivity index (χ1n) is 8.30. The lowest BCUT2D eigenvalue weighted by Gasteiger charge is -2.14. The molecule has 0 spiro atoms. The molecule has 2 aromatic rings. The minimum atomic E-state index is -4.39. The second kappa shape index (κ2) is 7.09. The zero-order valence-corrected chi connectivity index (χ0v) is 14.4. The number of aryl methyl sites for hydroxylation is 2. The van der Waals surface area contributed by atoms with Crippen LogP contribution in [0.3, 0.4) is 0 Å². The summed E-state index contributed by atoms with van der Waals surface area (Å²) >= 11 is 0. The molecule has 2 atom stereocenters. The van der Waals surface area contributed by atoms with Crippen LogP contribution in [0.1, 0.15) is 34.7 Å². The fraction of sp³-hybridized carbons (Fsp3) is 0.316. The maximum Gasteiger partial charge on any atom is 0.416 e. The van der Waals surface area contributed by atoms with E-state index in [0.717, 1.165) is 28.8 Å². The van der Waals surface area contributed by atoms with Crippen LogP contribution in [0.5, 0.6) is 0 Å². The molecule has 0 radical (unpaired) electrons. The molecule has 1 heterocycles. The predicted octanol–water partition coefficient (Wildman–Crippen LogP) is 3.87. The van der Waals surface area contributed by atoms with Gasteiger partial charge in [-0.15, -0.1) is 0 Å². The largest absolute Gasteiger partial charge is 0.416 e. The molecule has 0 aromatic heterocycles. The minimum absolute atomic E-state index is 0.00162. The first kappa shape index (κ1) is 18.4. The van der Waals surface area contributed by atoms with E-state index in [0.29, 0.717) is 12.1 Å². The number of nitrogens with one attached hydrogen (secondary N) is 3. The summed E-state index contributed by atoms with van der Waals surface area (Å²) in [5, 5.41) is 2.65. The molecule has 26 heavy (non-hydrogen) atoms. The standard InChI is InChI=1S/C19H20F3N3O/c1-11-3-4-12(2)15(9-11)16-10-17(25-24-16)18(26)23-14-7-5-13(6-8-14)19(20,21)22/h3-9,16-17,24-25H,10H2,1-2H3,(H,23,26). The number of benzene rings is 2. The molecule has 138 valence electrons. The van der Waals surface area contributed by atoms with Crippen molar-refractivity contribution in [3.8, 4) is 0 Å². The average Bonchev–Trinajstić information content (AvgIpc) is 3.07. The van der Waals surface area contributed by atoms with Gasteiger partial charge in [0.2, 0.25) is 5.91 Å². The third kappa shape index (κ3) is 4.05. The normalized spacial score (nSPS) is 20.2. The summed E-state index contributed by atoms with van der Waals surface area (Å²) < 4.78 is 37.8. The van der Waals surface area contributed by atoms with Gasteiger partial charge >= 0.3 is 6.18 Å². The van der Waals surface area contributed by atoms with Crippen LogP contribution in [0.15, 0.2) is 42.5 Å². The van der Waals surface area contributed by atoms with E-state index >= 15 is 0 Å². The molecule has 3 N–H and O–H groups in total. The lowest BCUT2D eigenvalue weighted by atomic mass is 9.96. The smallest absolute Gasteiger partial charge is 0.325 e. The number of carbonyl (C=O) groups is 1. The third-order valence-electron chi connectivity index (χ3n) is 4.51. The molecule has 1 aliphatic heterocycles. The van der Waals surface area contributed by atoms with Gasteiger partial charge in [-0.3, -0.25) is 4.79 Å². The summed E-state index contributed by atoms with van der Waals surface area (Å²) in [5.74, 6) is -0.287. The second-order valence-electron chi connectivity index (χ2n) is 6.55. The monoisotopic (exact) mass is 363 g/mol. The SMILES string of the molecule is Cc1ccc(C)c(C2CC(C(=O)Nc3ccc(C(F)(F)F)cc3)NN2)c1. The predicted molar refractivity (Wildman–Crippen MR) is 93.4 cm³/mol. The van der Waals surface area contributed by atoms with Gasteiger partial charge in [0.15, 0.2) is 0 Å². The quantitative estimate of drug-likeness (QED) is 0.776. The van der Waals surface area contributed by atoms with Crippen LogP contribution in [0, 0.1) is 13.8 Å². The maximum atomic E-state index is 12.6. The van der Waals surface area contributed by atoms with Gasteiger partial charge in [0.25, 0.3) is 0 Å². The lowest BCUT2D eigenvalue weighted by Crippen LogP contribution is -2.39. The molecule has 0 bridgehead atoms. The molecule has 2 unspecified atom stereocenters. The van der Waals surface area contributed by atoms with Crippen LogP contribution in [-0.2, 0) is 11.0 Å². The van der Waals surface area contributed by atoms with Crippen molar-refractivity contribution in [3.05, 3.63) is 64.7 Å². The van der Waals surface area contributed by atoms with Gasteiger partial charge in [0.1, 0.15) is 6.04 Å². The van der Waals surface area contributed by atoms with E-state index in [9.17, 15) is 18.0 Å². The molecule has 1 saturated heterocycles. The fourth-order valence-electron chi connectivity index (χ4n) is 3.04. The van der Waals surface area contributed by atoms with Crippen molar-refractivity contribution >= 4 is 11.6 Å². The minimum Gasteiger partial charge on any atom is -0.325 e. The maximum absolute atomic E-state index is 12.6. The Hall–Kier alpha value is -2.38. The molecular weight excluding hydrogens is 343 g/mol. The summed E-state index contributed by atoms with van der Waals surface area (Å²) in [4.78, 5) is 12.4. The fourth-order valence-corrected chi connectivity index (χ4v) is 3.04. The number of rotatable bonds is 3. The van der Waals surface area contributed by atoms with E-state index < -0.39 is 17.8 Å². The Morgan fingerprint density at radius 1 is 1.08 bits per heavy atom. The molecule has 1 aliphatic rings. The van der Waals surface area contributed by atoms with Crippen molar-refractivity contribution in [3.63, 3.8) is 0 Å². The van der Waals surface area contributed by atoms with E-state index in [4.69, 9.17) is 0 Å². The van der Waals surface area contributed by atoms with Crippen LogP contribution in [0.25, 0.3) is 0 Å². The van der Waals surface area contributed by atoms with Gasteiger partial charge in [0, 0.05) is 11.7 Å². The molecule has 2 aromatic carbocycles. The average molecular weight is 363 g/mol. The second-order valence-corrected chi connectivity index (χ2v) is 6.55. The van der Waals surface area contributed by atoms with Crippen LogP contribution in [-0.4, -0.2) is 11.9 Å². The van der Waals surface area contributed by atoms with Crippen molar-refractivity contribution in [1.82, 2.24) is 10.9 Å². The third-order valence-corrected chi connectivity index (χ3v) is 4.51. The van der Waals surface area contributed by atoms with E-state index in [1.807, 2.05) is 26.0 Å². The Morgan fingerprint density at radius 3 is 2.42 bits per heavy atom. The van der Waals surface area contributed by atoms with Gasteiger partial charge in [-0.2, -0.15) is 13.2 Å². The number of amides is 1. The summed E-state index contributed by atoms with van der Waals surface area (Å²) in [6.45, 7) is 4.03. The number of alkyl halides is 3. The highest BCUT2D eigenvalue weighted by Gasteiger charge is 2.32. The Kier molecular flexibility index (Phi) is 5.02. The first-order chi connectivity index (χ1) is 12.2. The summed E-state index contributed by atoms with van der Waals surface area (Å²) in [6, 6.07) is 10.1. The van der Waals surface area contributed by atoms with Gasteiger partial charge in [-0.25, -0.2) is 10.9 Å². The van der Waals surface area contributed by atoms with Gasteiger partial charge in [-0.1, -0.05) is 23.8 Å². The van der Waals surface area contributed by atoms with Crippen molar-refractivity contribution in [2.45, 2.75) is 38.5 Å². The van der Waals surface area contributed by atoms with Crippen LogP contribution < -0.4 is 16.2 Å². The van der Waals surface area contributed by atoms with Gasteiger partial charge < -0.3 is 5.32 Å². The Balaban J connectivity index is 1.64. The van der Waals surface area contributed by atoms with Gasteiger partial charge in [-0.05, 0) is 55.7 Å². The summed E-state index contributed by atoms with van der Waals surface area (Å²) in [7, 11) is 0. The van der Waals surface area contributed by atoms with E-state index in [2.05, 4.69) is 22.2 Å². The van der Waals surface area contributed by atoms with E-state index in [1.54, 1.807) is 0 Å². The zero-order chi connectivity index (χ0) is 18.9. The van der Waals surface area contributed by atoms with E-state index in [1.165, 1.54) is 12.1 Å². The summed E-state index contributed by atoms with van der Waals surface area (Å²) in [6.07, 6.45) is -3.84. The number of hydrogen-bond acceptors (Lipinski definition) is 3.